The highest BCUT2D eigenvalue weighted by molar-refractivity contribution is 9.10. The molecular formula is C14H14BrClN2O2S. The molecule has 3 N–H and O–H groups in total. The molecule has 112 valence electrons. The molecule has 0 spiro atoms. The van der Waals surface area contributed by atoms with Gasteiger partial charge in [-0.3, -0.25) is 4.72 Å². The third kappa shape index (κ3) is 3.51. The van der Waals surface area contributed by atoms with E-state index < -0.39 is 10.0 Å². The zero-order valence-electron chi connectivity index (χ0n) is 11.4. The Kier molecular flexibility index (Phi) is 4.51. The molecule has 0 aliphatic carbocycles. The van der Waals surface area contributed by atoms with Gasteiger partial charge in [-0.2, -0.15) is 0 Å². The molecule has 0 fully saturated rings. The lowest BCUT2D eigenvalue weighted by Crippen LogP contribution is -2.14. The molecule has 0 unspecified atom stereocenters. The van der Waals surface area contributed by atoms with Crippen LogP contribution in [0.4, 0.5) is 11.4 Å². The van der Waals surface area contributed by atoms with E-state index in [-0.39, 0.29) is 10.6 Å². The van der Waals surface area contributed by atoms with Crippen LogP contribution in [-0.4, -0.2) is 8.42 Å². The standard InChI is InChI=1S/C14H14BrClN2O2S/c1-8-3-4-13(11(15)5-8)18-21(19,20)10-6-9(2)14(16)12(17)7-10/h3-7,18H,17H2,1-2H3. The fourth-order valence-electron chi connectivity index (χ4n) is 1.82. The Morgan fingerprint density at radius 1 is 1.19 bits per heavy atom. The van der Waals surface area contributed by atoms with Gasteiger partial charge < -0.3 is 5.73 Å². The van der Waals surface area contributed by atoms with Crippen LogP contribution < -0.4 is 10.5 Å². The van der Waals surface area contributed by atoms with E-state index >= 15 is 0 Å². The molecule has 0 saturated heterocycles. The fourth-order valence-corrected chi connectivity index (χ4v) is 3.86. The Bertz CT molecular complexity index is 784. The Hall–Kier alpha value is -1.24. The van der Waals surface area contributed by atoms with Crippen molar-refractivity contribution < 1.29 is 8.42 Å². The first kappa shape index (κ1) is 16.1. The number of aryl methyl sites for hydroxylation is 2. The van der Waals surface area contributed by atoms with E-state index in [2.05, 4.69) is 20.7 Å². The molecule has 4 nitrogen and oxygen atoms in total. The summed E-state index contributed by atoms with van der Waals surface area (Å²) >= 11 is 9.29. The zero-order valence-corrected chi connectivity index (χ0v) is 14.6. The van der Waals surface area contributed by atoms with Crippen molar-refractivity contribution in [2.75, 3.05) is 10.5 Å². The third-order valence-corrected chi connectivity index (χ3v) is 5.45. The number of halogens is 2. The van der Waals surface area contributed by atoms with Gasteiger partial charge >= 0.3 is 0 Å². The topological polar surface area (TPSA) is 72.2 Å². The SMILES string of the molecule is Cc1ccc(NS(=O)(=O)c2cc(C)c(Cl)c(N)c2)c(Br)c1. The van der Waals surface area contributed by atoms with Crippen molar-refractivity contribution in [2.24, 2.45) is 0 Å². The van der Waals surface area contributed by atoms with Crippen molar-refractivity contribution in [1.29, 1.82) is 0 Å². The van der Waals surface area contributed by atoms with Crippen LogP contribution in [0.25, 0.3) is 0 Å². The number of benzene rings is 2. The number of sulfonamides is 1. The van der Waals surface area contributed by atoms with Crippen molar-refractivity contribution in [1.82, 2.24) is 0 Å². The highest BCUT2D eigenvalue weighted by Crippen LogP contribution is 2.30. The lowest BCUT2D eigenvalue weighted by atomic mass is 10.2. The second-order valence-electron chi connectivity index (χ2n) is 4.73. The maximum absolute atomic E-state index is 12.4. The number of anilines is 2. The van der Waals surface area contributed by atoms with Gasteiger partial charge in [-0.25, -0.2) is 8.42 Å². The van der Waals surface area contributed by atoms with E-state index in [1.807, 2.05) is 19.1 Å². The average molecular weight is 390 g/mol. The van der Waals surface area contributed by atoms with Gasteiger partial charge in [0, 0.05) is 4.47 Å². The van der Waals surface area contributed by atoms with Gasteiger partial charge in [0.1, 0.15) is 0 Å². The minimum absolute atomic E-state index is 0.0781. The van der Waals surface area contributed by atoms with Crippen molar-refractivity contribution in [3.8, 4) is 0 Å². The molecule has 0 heterocycles. The third-order valence-electron chi connectivity index (χ3n) is 2.94. The molecule has 0 aromatic heterocycles. The van der Waals surface area contributed by atoms with Crippen LogP contribution in [0, 0.1) is 13.8 Å². The second-order valence-corrected chi connectivity index (χ2v) is 7.65. The number of hydrogen-bond donors (Lipinski definition) is 2. The monoisotopic (exact) mass is 388 g/mol. The number of hydrogen-bond acceptors (Lipinski definition) is 3. The molecule has 2 aromatic rings. The molecule has 7 heteroatoms. The molecule has 0 amide bonds. The van der Waals surface area contributed by atoms with Gasteiger partial charge in [0.25, 0.3) is 10.0 Å². The van der Waals surface area contributed by atoms with Gasteiger partial charge in [0.2, 0.25) is 0 Å². The minimum Gasteiger partial charge on any atom is -0.397 e. The van der Waals surface area contributed by atoms with Crippen LogP contribution in [0.5, 0.6) is 0 Å². The number of nitrogens with one attached hydrogen (secondary N) is 1. The predicted molar refractivity (Wildman–Crippen MR) is 90.3 cm³/mol. The van der Waals surface area contributed by atoms with E-state index in [0.717, 1.165) is 5.56 Å². The van der Waals surface area contributed by atoms with E-state index in [9.17, 15) is 8.42 Å². The molecule has 0 atom stereocenters. The van der Waals surface area contributed by atoms with Crippen LogP contribution in [0.2, 0.25) is 5.02 Å². The molecule has 0 aliphatic heterocycles. The van der Waals surface area contributed by atoms with Crippen LogP contribution in [-0.2, 0) is 10.0 Å². The van der Waals surface area contributed by atoms with Gasteiger partial charge in [0.05, 0.1) is 21.3 Å². The van der Waals surface area contributed by atoms with E-state index in [1.54, 1.807) is 13.0 Å². The highest BCUT2D eigenvalue weighted by atomic mass is 79.9. The smallest absolute Gasteiger partial charge is 0.262 e. The molecule has 0 aliphatic rings. The maximum atomic E-state index is 12.4. The number of nitrogen functional groups attached to an aromatic ring is 1. The Morgan fingerprint density at radius 2 is 1.86 bits per heavy atom. The van der Waals surface area contributed by atoms with Crippen molar-refractivity contribution >= 4 is 48.9 Å². The van der Waals surface area contributed by atoms with Crippen LogP contribution in [0.1, 0.15) is 11.1 Å². The van der Waals surface area contributed by atoms with Gasteiger partial charge in [-0.05, 0) is 65.2 Å². The average Bonchev–Trinajstić information content (AvgIpc) is 2.38. The number of rotatable bonds is 3. The first-order chi connectivity index (χ1) is 9.70. The molecule has 2 aromatic carbocycles. The quantitative estimate of drug-likeness (QED) is 0.776. The molecule has 0 radical (unpaired) electrons. The van der Waals surface area contributed by atoms with E-state index in [4.69, 9.17) is 17.3 Å². The molecule has 21 heavy (non-hydrogen) atoms. The first-order valence-electron chi connectivity index (χ1n) is 6.05. The summed E-state index contributed by atoms with van der Waals surface area (Å²) in [7, 11) is -3.73. The molecular weight excluding hydrogens is 376 g/mol. The van der Waals surface area contributed by atoms with Crippen molar-refractivity contribution in [3.63, 3.8) is 0 Å². The maximum Gasteiger partial charge on any atom is 0.262 e. The Balaban J connectivity index is 2.43. The summed E-state index contributed by atoms with van der Waals surface area (Å²) in [4.78, 5) is 0.0781. The second kappa shape index (κ2) is 5.87. The van der Waals surface area contributed by atoms with Gasteiger partial charge in [-0.1, -0.05) is 17.7 Å². The first-order valence-corrected chi connectivity index (χ1v) is 8.71. The summed E-state index contributed by atoms with van der Waals surface area (Å²) in [6.07, 6.45) is 0. The van der Waals surface area contributed by atoms with E-state index in [1.165, 1.54) is 12.1 Å². The van der Waals surface area contributed by atoms with Gasteiger partial charge in [-0.15, -0.1) is 0 Å². The zero-order chi connectivity index (χ0) is 15.8. The van der Waals surface area contributed by atoms with Crippen molar-refractivity contribution in [2.45, 2.75) is 18.7 Å². The summed E-state index contributed by atoms with van der Waals surface area (Å²) in [5, 5.41) is 0.366. The fraction of sp³-hybridized carbons (Fsp3) is 0.143. The highest BCUT2D eigenvalue weighted by Gasteiger charge is 2.18. The lowest BCUT2D eigenvalue weighted by Gasteiger charge is -2.12. The number of nitrogens with two attached hydrogens (primary N) is 1. The van der Waals surface area contributed by atoms with E-state index in [0.29, 0.717) is 20.7 Å². The van der Waals surface area contributed by atoms with Crippen LogP contribution >= 0.6 is 27.5 Å². The normalized spacial score (nSPS) is 11.4. The summed E-state index contributed by atoms with van der Waals surface area (Å²) in [6.45, 7) is 3.63. The minimum atomic E-state index is -3.73. The molecule has 2 rings (SSSR count). The summed E-state index contributed by atoms with van der Waals surface area (Å²) < 4.78 is 28.0. The summed E-state index contributed by atoms with van der Waals surface area (Å²) in [5.74, 6) is 0. The van der Waals surface area contributed by atoms with Gasteiger partial charge in [0.15, 0.2) is 0 Å². The summed E-state index contributed by atoms with van der Waals surface area (Å²) in [5.41, 5.74) is 8.06. The summed E-state index contributed by atoms with van der Waals surface area (Å²) in [6, 6.07) is 8.19. The lowest BCUT2D eigenvalue weighted by molar-refractivity contribution is 0.601. The largest absolute Gasteiger partial charge is 0.397 e. The molecule has 0 saturated carbocycles. The predicted octanol–water partition coefficient (Wildman–Crippen LogP) is 4.10. The molecule has 0 bridgehead atoms. The Morgan fingerprint density at radius 3 is 2.43 bits per heavy atom. The van der Waals surface area contributed by atoms with Crippen molar-refractivity contribution in [3.05, 3.63) is 51.0 Å². The van der Waals surface area contributed by atoms with Crippen LogP contribution in [0.15, 0.2) is 39.7 Å². The Labute approximate surface area is 137 Å². The van der Waals surface area contributed by atoms with Crippen LogP contribution in [0.3, 0.4) is 0 Å².